The van der Waals surface area contributed by atoms with E-state index < -0.39 is 0 Å². The molecule has 0 radical (unpaired) electrons. The Kier molecular flexibility index (Phi) is 4.37. The maximum Gasteiger partial charge on any atom is 0.0366 e. The highest BCUT2D eigenvalue weighted by Gasteiger charge is 2.10. The Labute approximate surface area is 81.4 Å². The van der Waals surface area contributed by atoms with E-state index in [-0.39, 0.29) is 0 Å². The van der Waals surface area contributed by atoms with Gasteiger partial charge in [-0.25, -0.2) is 0 Å². The highest BCUT2D eigenvalue weighted by molar-refractivity contribution is 5.46. The second-order valence-corrected chi connectivity index (χ2v) is 3.03. The molecule has 0 aliphatic carbocycles. The molecular formula is C12H19N. The van der Waals surface area contributed by atoms with Gasteiger partial charge in [0.25, 0.3) is 0 Å². The molecule has 0 spiro atoms. The third kappa shape index (κ3) is 2.76. The summed E-state index contributed by atoms with van der Waals surface area (Å²) in [6.07, 6.45) is 2.71. The van der Waals surface area contributed by atoms with Crippen molar-refractivity contribution in [1.82, 2.24) is 0 Å². The van der Waals surface area contributed by atoms with Crippen molar-refractivity contribution in [2.75, 3.05) is 18.0 Å². The van der Waals surface area contributed by atoms with Crippen LogP contribution in [-0.2, 0) is 0 Å². The average molecular weight is 177 g/mol. The molecule has 1 nitrogen and oxygen atoms in total. The topological polar surface area (TPSA) is 3.24 Å². The molecule has 13 heavy (non-hydrogen) atoms. The fraction of sp³-hybridized carbons (Fsp3) is 0.500. The minimum atomic E-state index is 1.24. The van der Waals surface area contributed by atoms with Gasteiger partial charge in [0.15, 0.2) is 0 Å². The van der Waals surface area contributed by atoms with Gasteiger partial charge in [-0.1, -0.05) is 32.0 Å². The molecule has 72 valence electrons. The van der Waals surface area contributed by atoms with Crippen LogP contribution in [0.3, 0.4) is 0 Å². The molecule has 1 aliphatic rings. The molecule has 0 unspecified atom stereocenters. The van der Waals surface area contributed by atoms with Crippen LogP contribution in [0.25, 0.3) is 0 Å². The minimum absolute atomic E-state index is 1.24. The maximum absolute atomic E-state index is 2.44. The Morgan fingerprint density at radius 2 is 1.46 bits per heavy atom. The van der Waals surface area contributed by atoms with Gasteiger partial charge in [0, 0.05) is 18.8 Å². The highest BCUT2D eigenvalue weighted by Crippen LogP contribution is 2.18. The van der Waals surface area contributed by atoms with Gasteiger partial charge in [-0.05, 0) is 25.0 Å². The minimum Gasteiger partial charge on any atom is -0.372 e. The summed E-state index contributed by atoms with van der Waals surface area (Å²) in [6.45, 7) is 6.48. The quantitative estimate of drug-likeness (QED) is 0.636. The molecule has 0 amide bonds. The SMILES string of the molecule is CC.c1ccc(N2CCCC2)cc1. The Morgan fingerprint density at radius 1 is 0.923 bits per heavy atom. The number of hydrogen-bond donors (Lipinski definition) is 0. The first kappa shape index (κ1) is 10.1. The zero-order valence-corrected chi connectivity index (χ0v) is 8.66. The average Bonchev–Trinajstić information content (AvgIpc) is 2.75. The lowest BCUT2D eigenvalue weighted by Gasteiger charge is -2.16. The van der Waals surface area contributed by atoms with Crippen LogP contribution in [0.15, 0.2) is 30.3 Å². The fourth-order valence-electron chi connectivity index (χ4n) is 1.61. The fourth-order valence-corrected chi connectivity index (χ4v) is 1.61. The smallest absolute Gasteiger partial charge is 0.0366 e. The Bertz CT molecular complexity index is 212. The first-order chi connectivity index (χ1) is 6.47. The Hall–Kier alpha value is -0.980. The van der Waals surface area contributed by atoms with Gasteiger partial charge in [-0.2, -0.15) is 0 Å². The molecular weight excluding hydrogens is 158 g/mol. The summed E-state index contributed by atoms with van der Waals surface area (Å²) in [5.41, 5.74) is 1.38. The van der Waals surface area contributed by atoms with Crippen LogP contribution in [0, 0.1) is 0 Å². The van der Waals surface area contributed by atoms with Gasteiger partial charge < -0.3 is 4.90 Å². The summed E-state index contributed by atoms with van der Waals surface area (Å²) in [7, 11) is 0. The van der Waals surface area contributed by atoms with Gasteiger partial charge in [-0.3, -0.25) is 0 Å². The van der Waals surface area contributed by atoms with Crippen LogP contribution >= 0.6 is 0 Å². The normalized spacial score (nSPS) is 15.1. The molecule has 1 aromatic carbocycles. The predicted octanol–water partition coefficient (Wildman–Crippen LogP) is 3.31. The maximum atomic E-state index is 2.44. The van der Waals surface area contributed by atoms with E-state index in [0.29, 0.717) is 0 Å². The lowest BCUT2D eigenvalue weighted by atomic mass is 10.3. The van der Waals surface area contributed by atoms with Gasteiger partial charge >= 0.3 is 0 Å². The molecule has 2 rings (SSSR count). The van der Waals surface area contributed by atoms with Crippen molar-refractivity contribution >= 4 is 5.69 Å². The second kappa shape index (κ2) is 5.63. The van der Waals surface area contributed by atoms with Crippen molar-refractivity contribution in [1.29, 1.82) is 0 Å². The van der Waals surface area contributed by atoms with Crippen molar-refractivity contribution in [2.24, 2.45) is 0 Å². The lowest BCUT2D eigenvalue weighted by Crippen LogP contribution is -2.16. The molecule has 1 aliphatic heterocycles. The number of benzene rings is 1. The molecule has 0 bridgehead atoms. The highest BCUT2D eigenvalue weighted by atomic mass is 15.1. The van der Waals surface area contributed by atoms with Crippen LogP contribution in [0.5, 0.6) is 0 Å². The molecule has 0 saturated carbocycles. The van der Waals surface area contributed by atoms with E-state index in [1.807, 2.05) is 13.8 Å². The second-order valence-electron chi connectivity index (χ2n) is 3.03. The van der Waals surface area contributed by atoms with Crippen molar-refractivity contribution in [3.8, 4) is 0 Å². The number of nitrogens with zero attached hydrogens (tertiary/aromatic N) is 1. The number of anilines is 1. The molecule has 0 N–H and O–H groups in total. The van der Waals surface area contributed by atoms with Crippen LogP contribution < -0.4 is 4.90 Å². The zero-order chi connectivity index (χ0) is 9.52. The molecule has 0 aromatic heterocycles. The van der Waals surface area contributed by atoms with Crippen molar-refractivity contribution in [3.05, 3.63) is 30.3 Å². The van der Waals surface area contributed by atoms with Crippen molar-refractivity contribution in [3.63, 3.8) is 0 Å². The van der Waals surface area contributed by atoms with Gasteiger partial charge in [0.2, 0.25) is 0 Å². The molecule has 1 aromatic rings. The Morgan fingerprint density at radius 3 is 2.00 bits per heavy atom. The molecule has 1 saturated heterocycles. The summed E-state index contributed by atoms with van der Waals surface area (Å²) in [4.78, 5) is 2.44. The standard InChI is InChI=1S/C10H13N.C2H6/c1-2-6-10(7-3-1)11-8-4-5-9-11;1-2/h1-3,6-7H,4-5,8-9H2;1-2H3. The summed E-state index contributed by atoms with van der Waals surface area (Å²) >= 11 is 0. The van der Waals surface area contributed by atoms with Crippen LogP contribution in [0.4, 0.5) is 5.69 Å². The monoisotopic (exact) mass is 177 g/mol. The van der Waals surface area contributed by atoms with E-state index >= 15 is 0 Å². The lowest BCUT2D eigenvalue weighted by molar-refractivity contribution is 0.949. The first-order valence-electron chi connectivity index (χ1n) is 5.27. The third-order valence-corrected chi connectivity index (χ3v) is 2.23. The van der Waals surface area contributed by atoms with E-state index in [9.17, 15) is 0 Å². The summed E-state index contributed by atoms with van der Waals surface area (Å²) in [6, 6.07) is 10.7. The summed E-state index contributed by atoms with van der Waals surface area (Å²) < 4.78 is 0. The molecule has 1 heteroatoms. The van der Waals surface area contributed by atoms with Gasteiger partial charge in [0.1, 0.15) is 0 Å². The number of hydrogen-bond acceptors (Lipinski definition) is 1. The van der Waals surface area contributed by atoms with E-state index in [1.165, 1.54) is 31.6 Å². The third-order valence-electron chi connectivity index (χ3n) is 2.23. The van der Waals surface area contributed by atoms with E-state index in [2.05, 4.69) is 35.2 Å². The first-order valence-corrected chi connectivity index (χ1v) is 5.27. The predicted molar refractivity (Wildman–Crippen MR) is 59.2 cm³/mol. The Balaban J connectivity index is 0.000000396. The van der Waals surface area contributed by atoms with E-state index in [0.717, 1.165) is 0 Å². The van der Waals surface area contributed by atoms with Crippen LogP contribution in [-0.4, -0.2) is 13.1 Å². The van der Waals surface area contributed by atoms with E-state index in [4.69, 9.17) is 0 Å². The van der Waals surface area contributed by atoms with Gasteiger partial charge in [-0.15, -0.1) is 0 Å². The molecule has 0 atom stereocenters. The zero-order valence-electron chi connectivity index (χ0n) is 8.66. The number of rotatable bonds is 1. The van der Waals surface area contributed by atoms with Crippen LogP contribution in [0.2, 0.25) is 0 Å². The van der Waals surface area contributed by atoms with Gasteiger partial charge in [0.05, 0.1) is 0 Å². The van der Waals surface area contributed by atoms with Crippen LogP contribution in [0.1, 0.15) is 26.7 Å². The summed E-state index contributed by atoms with van der Waals surface area (Å²) in [5.74, 6) is 0. The molecule has 1 fully saturated rings. The van der Waals surface area contributed by atoms with Crippen molar-refractivity contribution < 1.29 is 0 Å². The number of para-hydroxylation sites is 1. The summed E-state index contributed by atoms with van der Waals surface area (Å²) in [5, 5.41) is 0. The van der Waals surface area contributed by atoms with E-state index in [1.54, 1.807) is 0 Å². The van der Waals surface area contributed by atoms with Crippen molar-refractivity contribution in [2.45, 2.75) is 26.7 Å². The largest absolute Gasteiger partial charge is 0.372 e. The molecule has 1 heterocycles.